The first-order valence-electron chi connectivity index (χ1n) is 10.3. The number of fused-ring (bicyclic) bond motifs is 3. The zero-order valence-electron chi connectivity index (χ0n) is 17.7. The topological polar surface area (TPSA) is 175 Å². The van der Waals surface area contributed by atoms with Crippen molar-refractivity contribution in [1.82, 2.24) is 0 Å². The Bertz CT molecular complexity index is 913. The number of rotatable bonds is 10. The standard InChI is InChI=1S/C21H24O12/c1-2-3-4-5-13(25)29-7-12-17(30-8-22)19(31-9-23)20-18(32-12)14-10(21(28)33-20)6-11(24)15(26)16(14)27/h6,8-9,12,17-20,24,26-27H,2-5,7H2,1H3/t12-,17-,18?,19+,20?/m1/s1. The summed E-state index contributed by atoms with van der Waals surface area (Å²) in [6, 6.07) is 0.888. The van der Waals surface area contributed by atoms with E-state index in [1.165, 1.54) is 0 Å². The van der Waals surface area contributed by atoms with Crippen molar-refractivity contribution in [3.8, 4) is 17.2 Å². The molecule has 0 spiro atoms. The normalized spacial score (nSPS) is 25.7. The van der Waals surface area contributed by atoms with Gasteiger partial charge in [-0.2, -0.15) is 0 Å². The van der Waals surface area contributed by atoms with E-state index in [9.17, 15) is 34.5 Å². The molecule has 1 aromatic rings. The Morgan fingerprint density at radius 1 is 1.09 bits per heavy atom. The monoisotopic (exact) mass is 468 g/mol. The molecule has 2 aliphatic heterocycles. The van der Waals surface area contributed by atoms with Crippen LogP contribution in [0.15, 0.2) is 6.07 Å². The molecule has 2 heterocycles. The van der Waals surface area contributed by atoms with Crippen molar-refractivity contribution < 1.29 is 58.2 Å². The van der Waals surface area contributed by atoms with Gasteiger partial charge in [-0.3, -0.25) is 14.4 Å². The molecule has 12 nitrogen and oxygen atoms in total. The molecule has 1 fully saturated rings. The largest absolute Gasteiger partial charge is 0.504 e. The van der Waals surface area contributed by atoms with E-state index in [0.29, 0.717) is 6.42 Å². The second-order valence-corrected chi connectivity index (χ2v) is 7.55. The summed E-state index contributed by atoms with van der Waals surface area (Å²) in [6.07, 6.45) is -4.06. The van der Waals surface area contributed by atoms with Gasteiger partial charge in [0.1, 0.15) is 18.8 Å². The maximum atomic E-state index is 12.5. The fraction of sp³-hybridized carbons (Fsp3) is 0.524. The molecule has 3 N–H and O–H groups in total. The molecule has 3 rings (SSSR count). The lowest BCUT2D eigenvalue weighted by Gasteiger charge is -2.46. The number of benzene rings is 1. The van der Waals surface area contributed by atoms with Crippen molar-refractivity contribution >= 4 is 24.9 Å². The summed E-state index contributed by atoms with van der Waals surface area (Å²) in [4.78, 5) is 46.8. The number of ether oxygens (including phenoxy) is 5. The van der Waals surface area contributed by atoms with Crippen LogP contribution in [0.2, 0.25) is 0 Å². The van der Waals surface area contributed by atoms with Gasteiger partial charge >= 0.3 is 11.9 Å². The SMILES string of the molecule is CCCCCC(=O)OC[C@H]1OC2c3c(cc(O)c(O)c3O)C(=O)OC2[C@@H](OC=O)[C@@H]1OC=O. The maximum Gasteiger partial charge on any atom is 0.339 e. The number of carbonyl (C=O) groups is 4. The van der Waals surface area contributed by atoms with Crippen LogP contribution in [0.1, 0.15) is 54.6 Å². The number of esters is 2. The molecule has 0 amide bonds. The van der Waals surface area contributed by atoms with Gasteiger partial charge in [-0.1, -0.05) is 19.8 Å². The molecular weight excluding hydrogens is 444 g/mol. The molecule has 1 aromatic carbocycles. The van der Waals surface area contributed by atoms with E-state index >= 15 is 0 Å². The van der Waals surface area contributed by atoms with Crippen molar-refractivity contribution in [3.63, 3.8) is 0 Å². The highest BCUT2D eigenvalue weighted by atomic mass is 16.7. The van der Waals surface area contributed by atoms with Gasteiger partial charge in [-0.15, -0.1) is 0 Å². The van der Waals surface area contributed by atoms with Crippen LogP contribution in [-0.4, -0.2) is 71.2 Å². The lowest BCUT2D eigenvalue weighted by Crippen LogP contribution is -2.60. The Kier molecular flexibility index (Phi) is 7.59. The molecule has 1 saturated heterocycles. The lowest BCUT2D eigenvalue weighted by atomic mass is 9.86. The van der Waals surface area contributed by atoms with E-state index in [2.05, 4.69) is 0 Å². The summed E-state index contributed by atoms with van der Waals surface area (Å²) >= 11 is 0. The van der Waals surface area contributed by atoms with E-state index < -0.39 is 66.3 Å². The van der Waals surface area contributed by atoms with E-state index in [0.717, 1.165) is 18.9 Å². The highest BCUT2D eigenvalue weighted by Gasteiger charge is 2.55. The fourth-order valence-corrected chi connectivity index (χ4v) is 3.93. The Balaban J connectivity index is 1.94. The first-order chi connectivity index (χ1) is 15.8. The summed E-state index contributed by atoms with van der Waals surface area (Å²) < 4.78 is 26.4. The van der Waals surface area contributed by atoms with Crippen LogP contribution in [0.5, 0.6) is 17.2 Å². The highest BCUT2D eigenvalue weighted by molar-refractivity contribution is 5.95. The molecule has 0 aromatic heterocycles. The van der Waals surface area contributed by atoms with Crippen molar-refractivity contribution in [1.29, 1.82) is 0 Å². The number of aromatic hydroxyl groups is 3. The fourth-order valence-electron chi connectivity index (χ4n) is 3.93. The van der Waals surface area contributed by atoms with Gasteiger partial charge in [0, 0.05) is 12.0 Å². The molecule has 2 unspecified atom stereocenters. The second kappa shape index (κ2) is 10.4. The number of phenolic OH excluding ortho intramolecular Hbond substituents is 3. The number of unbranched alkanes of at least 4 members (excludes halogenated alkanes) is 2. The minimum Gasteiger partial charge on any atom is -0.504 e. The first kappa shape index (κ1) is 24.1. The lowest BCUT2D eigenvalue weighted by molar-refractivity contribution is -0.245. The molecular formula is C21H24O12. The van der Waals surface area contributed by atoms with E-state index in [-0.39, 0.29) is 30.5 Å². The van der Waals surface area contributed by atoms with E-state index in [4.69, 9.17) is 23.7 Å². The van der Waals surface area contributed by atoms with Gasteiger partial charge in [0.15, 0.2) is 29.8 Å². The van der Waals surface area contributed by atoms with Crippen LogP contribution >= 0.6 is 0 Å². The Morgan fingerprint density at radius 2 is 1.79 bits per heavy atom. The van der Waals surface area contributed by atoms with Gasteiger partial charge in [0.2, 0.25) is 5.75 Å². The minimum absolute atomic E-state index is 0.0551. The van der Waals surface area contributed by atoms with E-state index in [1.807, 2.05) is 6.92 Å². The van der Waals surface area contributed by atoms with Crippen LogP contribution in [0, 0.1) is 0 Å². The number of carbonyl (C=O) groups excluding carboxylic acids is 4. The molecule has 33 heavy (non-hydrogen) atoms. The summed E-state index contributed by atoms with van der Waals surface area (Å²) in [5.74, 6) is -4.04. The first-order valence-corrected chi connectivity index (χ1v) is 10.3. The molecule has 12 heteroatoms. The number of hydrogen-bond donors (Lipinski definition) is 3. The van der Waals surface area contributed by atoms with Crippen LogP contribution in [0.25, 0.3) is 0 Å². The van der Waals surface area contributed by atoms with Gasteiger partial charge in [-0.05, 0) is 12.5 Å². The molecule has 0 aliphatic carbocycles. The predicted octanol–water partition coefficient (Wildman–Crippen LogP) is 0.989. The Labute approximate surface area is 187 Å². The molecule has 180 valence electrons. The van der Waals surface area contributed by atoms with Gasteiger partial charge in [0.25, 0.3) is 12.9 Å². The van der Waals surface area contributed by atoms with Crippen LogP contribution in [-0.2, 0) is 38.1 Å². The zero-order chi connectivity index (χ0) is 24.1. The van der Waals surface area contributed by atoms with Crippen molar-refractivity contribution in [3.05, 3.63) is 17.2 Å². The summed E-state index contributed by atoms with van der Waals surface area (Å²) in [5.41, 5.74) is -0.520. The van der Waals surface area contributed by atoms with Gasteiger partial charge < -0.3 is 39.0 Å². The Morgan fingerprint density at radius 3 is 2.45 bits per heavy atom. The Hall–Kier alpha value is -3.54. The van der Waals surface area contributed by atoms with Crippen molar-refractivity contribution in [2.24, 2.45) is 0 Å². The third-order valence-electron chi connectivity index (χ3n) is 5.49. The summed E-state index contributed by atoms with van der Waals surface area (Å²) in [7, 11) is 0. The quantitative estimate of drug-likeness (QED) is 0.146. The van der Waals surface area contributed by atoms with Gasteiger partial charge in [0.05, 0.1) is 5.56 Å². The second-order valence-electron chi connectivity index (χ2n) is 7.55. The zero-order valence-corrected chi connectivity index (χ0v) is 17.7. The average molecular weight is 468 g/mol. The predicted molar refractivity (Wildman–Crippen MR) is 105 cm³/mol. The average Bonchev–Trinajstić information content (AvgIpc) is 2.78. The molecule has 0 radical (unpaired) electrons. The smallest absolute Gasteiger partial charge is 0.339 e. The maximum absolute atomic E-state index is 12.5. The number of phenols is 3. The van der Waals surface area contributed by atoms with Crippen molar-refractivity contribution in [2.45, 2.75) is 63.1 Å². The summed E-state index contributed by atoms with van der Waals surface area (Å²) in [5, 5.41) is 30.1. The molecule has 2 aliphatic rings. The van der Waals surface area contributed by atoms with Crippen LogP contribution in [0.4, 0.5) is 0 Å². The van der Waals surface area contributed by atoms with Gasteiger partial charge in [-0.25, -0.2) is 4.79 Å². The molecule has 0 bridgehead atoms. The number of hydrogen-bond acceptors (Lipinski definition) is 12. The minimum atomic E-state index is -1.39. The van der Waals surface area contributed by atoms with E-state index in [1.54, 1.807) is 0 Å². The highest BCUT2D eigenvalue weighted by Crippen LogP contribution is 2.50. The molecule has 0 saturated carbocycles. The van der Waals surface area contributed by atoms with Crippen LogP contribution < -0.4 is 0 Å². The molecule has 5 atom stereocenters. The van der Waals surface area contributed by atoms with Crippen LogP contribution in [0.3, 0.4) is 0 Å². The third-order valence-corrected chi connectivity index (χ3v) is 5.49. The van der Waals surface area contributed by atoms with Crippen molar-refractivity contribution in [2.75, 3.05) is 6.61 Å². The third kappa shape index (κ3) is 4.80. The summed E-state index contributed by atoms with van der Waals surface area (Å²) in [6.45, 7) is 1.71.